The standard InChI is InChI=1S/C23H20N2O4/c1-14-11-21(27-2)22(28-3)13-18(14)25-23(26)16-12-19(20-9-6-10-29-20)24-17-8-5-4-7-15(16)17/h4-13H,1-3H3,(H,25,26). The number of para-hydroxylation sites is 1. The molecule has 0 saturated carbocycles. The number of furan rings is 1. The molecule has 1 amide bonds. The SMILES string of the molecule is COc1cc(C)c(NC(=O)c2cc(-c3ccco3)nc3ccccc23)cc1OC. The van der Waals surface area contributed by atoms with Crippen LogP contribution in [0.4, 0.5) is 5.69 Å². The lowest BCUT2D eigenvalue weighted by molar-refractivity contribution is 0.102. The largest absolute Gasteiger partial charge is 0.493 e. The van der Waals surface area contributed by atoms with Crippen molar-refractivity contribution in [1.29, 1.82) is 0 Å². The quantitative estimate of drug-likeness (QED) is 0.516. The van der Waals surface area contributed by atoms with Gasteiger partial charge >= 0.3 is 0 Å². The maximum absolute atomic E-state index is 13.2. The molecule has 0 aliphatic rings. The van der Waals surface area contributed by atoms with Crippen molar-refractivity contribution in [2.75, 3.05) is 19.5 Å². The molecule has 29 heavy (non-hydrogen) atoms. The number of ether oxygens (including phenoxy) is 2. The molecule has 0 atom stereocenters. The van der Waals surface area contributed by atoms with E-state index in [2.05, 4.69) is 10.3 Å². The van der Waals surface area contributed by atoms with Gasteiger partial charge in [0.25, 0.3) is 5.91 Å². The van der Waals surface area contributed by atoms with Crippen LogP contribution in [0.3, 0.4) is 0 Å². The van der Waals surface area contributed by atoms with Gasteiger partial charge in [-0.3, -0.25) is 4.79 Å². The summed E-state index contributed by atoms with van der Waals surface area (Å²) >= 11 is 0. The smallest absolute Gasteiger partial charge is 0.256 e. The Labute approximate surface area is 168 Å². The van der Waals surface area contributed by atoms with Gasteiger partial charge in [-0.25, -0.2) is 4.98 Å². The molecule has 6 nitrogen and oxygen atoms in total. The number of benzene rings is 2. The third-order valence-corrected chi connectivity index (χ3v) is 4.71. The number of hydrogen-bond donors (Lipinski definition) is 1. The van der Waals surface area contributed by atoms with Crippen LogP contribution in [0.1, 0.15) is 15.9 Å². The summed E-state index contributed by atoms with van der Waals surface area (Å²) in [6, 6.07) is 16.5. The zero-order chi connectivity index (χ0) is 20.4. The van der Waals surface area contributed by atoms with E-state index in [1.807, 2.05) is 43.3 Å². The summed E-state index contributed by atoms with van der Waals surface area (Å²) < 4.78 is 16.2. The Morgan fingerprint density at radius 2 is 1.76 bits per heavy atom. The first-order valence-corrected chi connectivity index (χ1v) is 9.08. The molecule has 0 aliphatic carbocycles. The molecule has 2 aromatic heterocycles. The van der Waals surface area contributed by atoms with E-state index in [0.29, 0.717) is 34.2 Å². The van der Waals surface area contributed by atoms with Gasteiger partial charge < -0.3 is 19.2 Å². The highest BCUT2D eigenvalue weighted by Crippen LogP contribution is 2.33. The summed E-state index contributed by atoms with van der Waals surface area (Å²) in [4.78, 5) is 17.8. The topological polar surface area (TPSA) is 73.6 Å². The number of aryl methyl sites for hydroxylation is 1. The van der Waals surface area contributed by atoms with E-state index in [1.54, 1.807) is 38.7 Å². The first kappa shape index (κ1) is 18.6. The molecule has 0 fully saturated rings. The number of carbonyl (C=O) groups is 1. The number of amides is 1. The molecule has 4 rings (SSSR count). The van der Waals surface area contributed by atoms with Gasteiger partial charge in [0.1, 0.15) is 5.69 Å². The molecular formula is C23H20N2O4. The monoisotopic (exact) mass is 388 g/mol. The highest BCUT2D eigenvalue weighted by Gasteiger charge is 2.17. The molecule has 2 aromatic carbocycles. The molecule has 146 valence electrons. The Morgan fingerprint density at radius 1 is 1.00 bits per heavy atom. The van der Waals surface area contributed by atoms with Crippen LogP contribution in [-0.2, 0) is 0 Å². The Bertz CT molecular complexity index is 1180. The van der Waals surface area contributed by atoms with Crippen molar-refractivity contribution < 1.29 is 18.7 Å². The maximum Gasteiger partial charge on any atom is 0.256 e. The van der Waals surface area contributed by atoms with Crippen LogP contribution in [0.2, 0.25) is 0 Å². The molecule has 0 saturated heterocycles. The third kappa shape index (κ3) is 3.52. The third-order valence-electron chi connectivity index (χ3n) is 4.71. The van der Waals surface area contributed by atoms with Crippen molar-refractivity contribution in [1.82, 2.24) is 4.98 Å². The average Bonchev–Trinajstić information content (AvgIpc) is 3.29. The van der Waals surface area contributed by atoms with Crippen LogP contribution >= 0.6 is 0 Å². The number of aromatic nitrogens is 1. The Morgan fingerprint density at radius 3 is 2.48 bits per heavy atom. The zero-order valence-corrected chi connectivity index (χ0v) is 16.4. The molecule has 2 heterocycles. The summed E-state index contributed by atoms with van der Waals surface area (Å²) in [6.07, 6.45) is 1.58. The highest BCUT2D eigenvalue weighted by molar-refractivity contribution is 6.13. The summed E-state index contributed by atoms with van der Waals surface area (Å²) in [5.41, 5.74) is 3.34. The highest BCUT2D eigenvalue weighted by atomic mass is 16.5. The van der Waals surface area contributed by atoms with Gasteiger partial charge in [-0.15, -0.1) is 0 Å². The van der Waals surface area contributed by atoms with E-state index in [4.69, 9.17) is 13.9 Å². The molecule has 0 unspecified atom stereocenters. The van der Waals surface area contributed by atoms with Crippen LogP contribution in [0.25, 0.3) is 22.4 Å². The Balaban J connectivity index is 1.78. The first-order chi connectivity index (χ1) is 14.1. The average molecular weight is 388 g/mol. The summed E-state index contributed by atoms with van der Waals surface area (Å²) in [5.74, 6) is 1.51. The number of methoxy groups -OCH3 is 2. The maximum atomic E-state index is 13.2. The molecule has 0 spiro atoms. The molecule has 0 aliphatic heterocycles. The van der Waals surface area contributed by atoms with Gasteiger partial charge in [0.15, 0.2) is 17.3 Å². The van der Waals surface area contributed by atoms with Gasteiger partial charge in [-0.2, -0.15) is 0 Å². The lowest BCUT2D eigenvalue weighted by atomic mass is 10.1. The van der Waals surface area contributed by atoms with Gasteiger partial charge in [-0.1, -0.05) is 18.2 Å². The number of rotatable bonds is 5. The number of nitrogens with one attached hydrogen (secondary N) is 1. The normalized spacial score (nSPS) is 10.7. The predicted octanol–water partition coefficient (Wildman–Crippen LogP) is 5.07. The van der Waals surface area contributed by atoms with Crippen LogP contribution in [0.5, 0.6) is 11.5 Å². The Kier molecular flexibility index (Phi) is 4.91. The molecule has 6 heteroatoms. The lowest BCUT2D eigenvalue weighted by Crippen LogP contribution is -2.14. The van der Waals surface area contributed by atoms with Crippen molar-refractivity contribution >= 4 is 22.5 Å². The van der Waals surface area contributed by atoms with Crippen molar-refractivity contribution in [3.05, 3.63) is 72.0 Å². The lowest BCUT2D eigenvalue weighted by Gasteiger charge is -2.14. The summed E-state index contributed by atoms with van der Waals surface area (Å²) in [6.45, 7) is 1.90. The van der Waals surface area contributed by atoms with E-state index < -0.39 is 0 Å². The molecule has 0 bridgehead atoms. The summed E-state index contributed by atoms with van der Waals surface area (Å²) in [7, 11) is 3.14. The second-order valence-corrected chi connectivity index (χ2v) is 6.53. The van der Waals surface area contributed by atoms with Gasteiger partial charge in [0.2, 0.25) is 0 Å². The molecule has 4 aromatic rings. The molecule has 1 N–H and O–H groups in total. The van der Waals surface area contributed by atoms with Crippen LogP contribution < -0.4 is 14.8 Å². The zero-order valence-electron chi connectivity index (χ0n) is 16.4. The Hall–Kier alpha value is -3.80. The predicted molar refractivity (Wildman–Crippen MR) is 112 cm³/mol. The fourth-order valence-corrected chi connectivity index (χ4v) is 3.22. The van der Waals surface area contributed by atoms with Gasteiger partial charge in [0, 0.05) is 17.1 Å². The second kappa shape index (κ2) is 7.67. The second-order valence-electron chi connectivity index (χ2n) is 6.53. The van der Waals surface area contributed by atoms with Crippen LogP contribution in [0, 0.1) is 6.92 Å². The van der Waals surface area contributed by atoms with E-state index in [-0.39, 0.29) is 5.91 Å². The van der Waals surface area contributed by atoms with Crippen molar-refractivity contribution in [2.45, 2.75) is 6.92 Å². The van der Waals surface area contributed by atoms with Crippen molar-refractivity contribution in [2.24, 2.45) is 0 Å². The number of pyridine rings is 1. The number of fused-ring (bicyclic) bond motifs is 1. The van der Waals surface area contributed by atoms with Gasteiger partial charge in [-0.05, 0) is 42.8 Å². The van der Waals surface area contributed by atoms with E-state index in [0.717, 1.165) is 16.5 Å². The number of hydrogen-bond acceptors (Lipinski definition) is 5. The number of anilines is 1. The number of carbonyl (C=O) groups excluding carboxylic acids is 1. The minimum absolute atomic E-state index is 0.244. The van der Waals surface area contributed by atoms with E-state index >= 15 is 0 Å². The fourth-order valence-electron chi connectivity index (χ4n) is 3.22. The number of nitrogens with zero attached hydrogens (tertiary/aromatic N) is 1. The summed E-state index contributed by atoms with van der Waals surface area (Å²) in [5, 5.41) is 3.75. The van der Waals surface area contributed by atoms with Crippen LogP contribution in [0.15, 0.2) is 65.3 Å². The fraction of sp³-hybridized carbons (Fsp3) is 0.130. The van der Waals surface area contributed by atoms with Crippen LogP contribution in [-0.4, -0.2) is 25.1 Å². The molecular weight excluding hydrogens is 368 g/mol. The minimum Gasteiger partial charge on any atom is -0.493 e. The van der Waals surface area contributed by atoms with E-state index in [1.165, 1.54) is 0 Å². The molecule has 0 radical (unpaired) electrons. The van der Waals surface area contributed by atoms with Crippen molar-refractivity contribution in [3.63, 3.8) is 0 Å². The van der Waals surface area contributed by atoms with Gasteiger partial charge in [0.05, 0.1) is 31.6 Å². The van der Waals surface area contributed by atoms with E-state index in [9.17, 15) is 4.79 Å². The van der Waals surface area contributed by atoms with Crippen molar-refractivity contribution in [3.8, 4) is 23.0 Å². The first-order valence-electron chi connectivity index (χ1n) is 9.08. The minimum atomic E-state index is -0.244.